The second-order valence-corrected chi connectivity index (χ2v) is 2.03. The molecule has 0 fully saturated rings. The largest absolute Gasteiger partial charge is 0.500 e. The van der Waals surface area contributed by atoms with Gasteiger partial charge in [-0.25, -0.2) is 0 Å². The van der Waals surface area contributed by atoms with Gasteiger partial charge in [0.25, 0.3) is 0 Å². The highest BCUT2D eigenvalue weighted by molar-refractivity contribution is 5.90. The predicted octanol–water partition coefficient (Wildman–Crippen LogP) is 0.776. The quantitative estimate of drug-likeness (QED) is 0.450. The summed E-state index contributed by atoms with van der Waals surface area (Å²) in [5.41, 5.74) is 0.507. The van der Waals surface area contributed by atoms with E-state index in [9.17, 15) is 0 Å². The van der Waals surface area contributed by atoms with Gasteiger partial charge in [0, 0.05) is 5.71 Å². The number of ether oxygens (including phenoxy) is 1. The molecule has 0 unspecified atom stereocenters. The molecule has 0 bridgehead atoms. The summed E-state index contributed by atoms with van der Waals surface area (Å²) < 4.78 is 4.96. The first kappa shape index (κ1) is 9.17. The average molecular weight is 142 g/mol. The smallest absolute Gasteiger partial charge is 0.111 e. The first-order valence-electron chi connectivity index (χ1n) is 3.15. The number of nitrogens with one attached hydrogen (secondary N) is 2. The van der Waals surface area contributed by atoms with Gasteiger partial charge in [-0.05, 0) is 20.0 Å². The molecule has 0 aliphatic carbocycles. The number of methoxy groups -OCH3 is 1. The van der Waals surface area contributed by atoms with Crippen molar-refractivity contribution in [1.29, 1.82) is 5.41 Å². The first-order valence-corrected chi connectivity index (χ1v) is 3.15. The van der Waals surface area contributed by atoms with Crippen molar-refractivity contribution >= 4 is 5.71 Å². The van der Waals surface area contributed by atoms with Crippen LogP contribution in [0, 0.1) is 5.41 Å². The van der Waals surface area contributed by atoms with E-state index in [1.807, 2.05) is 7.05 Å². The predicted molar refractivity (Wildman–Crippen MR) is 42.4 cm³/mol. The fraction of sp³-hybridized carbons (Fsp3) is 0.571. The van der Waals surface area contributed by atoms with Crippen LogP contribution in [0.1, 0.15) is 6.92 Å². The first-order chi connectivity index (χ1) is 4.70. The zero-order valence-electron chi connectivity index (χ0n) is 6.69. The van der Waals surface area contributed by atoms with Gasteiger partial charge in [0.05, 0.1) is 13.7 Å². The van der Waals surface area contributed by atoms with Gasteiger partial charge >= 0.3 is 0 Å². The van der Waals surface area contributed by atoms with Crippen LogP contribution in [-0.2, 0) is 4.74 Å². The fourth-order valence-electron chi connectivity index (χ4n) is 0.598. The Morgan fingerprint density at radius 2 is 2.30 bits per heavy atom. The molecular formula is C7H14N2O. The Morgan fingerprint density at radius 1 is 1.70 bits per heavy atom. The number of hydrogen-bond acceptors (Lipinski definition) is 3. The molecule has 0 radical (unpaired) electrons. The highest BCUT2D eigenvalue weighted by Gasteiger charge is 1.92. The number of allylic oxidation sites excluding steroid dienone is 1. The van der Waals surface area contributed by atoms with E-state index in [0.29, 0.717) is 12.3 Å². The lowest BCUT2D eigenvalue weighted by atomic mass is 10.3. The number of hydrogen-bond donors (Lipinski definition) is 2. The molecule has 0 saturated heterocycles. The zero-order valence-corrected chi connectivity index (χ0v) is 6.69. The van der Waals surface area contributed by atoms with Crippen molar-refractivity contribution < 1.29 is 4.74 Å². The highest BCUT2D eigenvalue weighted by Crippen LogP contribution is 1.92. The van der Waals surface area contributed by atoms with E-state index in [1.165, 1.54) is 0 Å². The summed E-state index contributed by atoms with van der Waals surface area (Å²) in [6.07, 6.45) is 1.69. The molecule has 3 nitrogen and oxygen atoms in total. The third kappa shape index (κ3) is 4.09. The normalized spacial score (nSPS) is 11.3. The van der Waals surface area contributed by atoms with Gasteiger partial charge in [0.15, 0.2) is 0 Å². The molecule has 0 aromatic carbocycles. The minimum absolute atomic E-state index is 0.507. The van der Waals surface area contributed by atoms with E-state index in [2.05, 4.69) is 5.32 Å². The van der Waals surface area contributed by atoms with Gasteiger partial charge in [-0.2, -0.15) is 0 Å². The van der Waals surface area contributed by atoms with E-state index >= 15 is 0 Å². The molecule has 0 spiro atoms. The molecule has 10 heavy (non-hydrogen) atoms. The Labute approximate surface area is 61.6 Å². The van der Waals surface area contributed by atoms with Crippen LogP contribution < -0.4 is 5.32 Å². The van der Waals surface area contributed by atoms with E-state index in [1.54, 1.807) is 20.1 Å². The molecule has 2 N–H and O–H groups in total. The molecule has 0 rings (SSSR count). The Balaban J connectivity index is 3.91. The van der Waals surface area contributed by atoms with Crippen molar-refractivity contribution in [2.75, 3.05) is 20.7 Å². The van der Waals surface area contributed by atoms with E-state index < -0.39 is 0 Å². The molecule has 0 aliphatic rings. The van der Waals surface area contributed by atoms with Gasteiger partial charge in [0.2, 0.25) is 0 Å². The van der Waals surface area contributed by atoms with E-state index in [-0.39, 0.29) is 0 Å². The van der Waals surface area contributed by atoms with Crippen molar-refractivity contribution in [3.05, 3.63) is 11.8 Å². The molecule has 0 aliphatic heterocycles. The summed E-state index contributed by atoms with van der Waals surface area (Å²) in [5, 5.41) is 10.1. The van der Waals surface area contributed by atoms with Crippen LogP contribution in [0.2, 0.25) is 0 Å². The standard InChI is InChI=1S/C7H14N2O/c1-6(8)4-7(10-3)5-9-2/h4,8-9H,5H2,1-3H3/b7-4-,8-6?. The third-order valence-electron chi connectivity index (χ3n) is 0.991. The van der Waals surface area contributed by atoms with Crippen LogP contribution in [-0.4, -0.2) is 26.4 Å². The van der Waals surface area contributed by atoms with Crippen LogP contribution in [0.3, 0.4) is 0 Å². The van der Waals surface area contributed by atoms with Gasteiger partial charge in [-0.3, -0.25) is 0 Å². The molecule has 0 saturated carbocycles. The molecule has 3 heteroatoms. The van der Waals surface area contributed by atoms with Crippen molar-refractivity contribution in [2.45, 2.75) is 6.92 Å². The maximum atomic E-state index is 7.12. The van der Waals surface area contributed by atoms with E-state index in [0.717, 1.165) is 5.76 Å². The monoisotopic (exact) mass is 142 g/mol. The molecule has 0 amide bonds. The summed E-state index contributed by atoms with van der Waals surface area (Å²) in [6, 6.07) is 0. The highest BCUT2D eigenvalue weighted by atomic mass is 16.5. The van der Waals surface area contributed by atoms with Crippen LogP contribution in [0.15, 0.2) is 11.8 Å². The van der Waals surface area contributed by atoms with Crippen molar-refractivity contribution in [3.63, 3.8) is 0 Å². The van der Waals surface area contributed by atoms with Crippen molar-refractivity contribution in [1.82, 2.24) is 5.32 Å². The maximum Gasteiger partial charge on any atom is 0.111 e. The van der Waals surface area contributed by atoms with Gasteiger partial charge in [-0.15, -0.1) is 0 Å². The van der Waals surface area contributed by atoms with Crippen molar-refractivity contribution in [2.24, 2.45) is 0 Å². The fourth-order valence-corrected chi connectivity index (χ4v) is 0.598. The summed E-state index contributed by atoms with van der Waals surface area (Å²) in [5.74, 6) is 0.787. The molecule has 0 atom stereocenters. The lowest BCUT2D eigenvalue weighted by Crippen LogP contribution is -2.12. The topological polar surface area (TPSA) is 45.1 Å². The van der Waals surface area contributed by atoms with E-state index in [4.69, 9.17) is 10.1 Å². The van der Waals surface area contributed by atoms with Gasteiger partial charge < -0.3 is 15.5 Å². The minimum atomic E-state index is 0.507. The van der Waals surface area contributed by atoms with Crippen LogP contribution >= 0.6 is 0 Å². The van der Waals surface area contributed by atoms with Gasteiger partial charge in [-0.1, -0.05) is 0 Å². The summed E-state index contributed by atoms with van der Waals surface area (Å²) in [4.78, 5) is 0. The number of likely N-dealkylation sites (N-methyl/N-ethyl adjacent to an activating group) is 1. The molecule has 0 aromatic heterocycles. The van der Waals surface area contributed by atoms with Crippen LogP contribution in [0.5, 0.6) is 0 Å². The Kier molecular flexibility index (Phi) is 4.58. The SMILES string of the molecule is CNC/C(=C/C(C)=N)OC. The second kappa shape index (κ2) is 4.99. The second-order valence-electron chi connectivity index (χ2n) is 2.03. The summed E-state index contributed by atoms with van der Waals surface area (Å²) in [6.45, 7) is 2.39. The molecular weight excluding hydrogens is 128 g/mol. The Bertz CT molecular complexity index is 141. The van der Waals surface area contributed by atoms with Crippen molar-refractivity contribution in [3.8, 4) is 0 Å². The molecule has 0 heterocycles. The molecule has 0 aromatic rings. The lowest BCUT2D eigenvalue weighted by Gasteiger charge is -2.03. The van der Waals surface area contributed by atoms with Gasteiger partial charge in [0.1, 0.15) is 5.76 Å². The summed E-state index contributed by atoms with van der Waals surface area (Å²) >= 11 is 0. The Hall–Kier alpha value is -0.830. The lowest BCUT2D eigenvalue weighted by molar-refractivity contribution is 0.282. The molecule has 58 valence electrons. The summed E-state index contributed by atoms with van der Waals surface area (Å²) in [7, 11) is 3.44. The maximum absolute atomic E-state index is 7.12. The minimum Gasteiger partial charge on any atom is -0.500 e. The number of rotatable bonds is 4. The average Bonchev–Trinajstić information content (AvgIpc) is 1.86. The van der Waals surface area contributed by atoms with Crippen LogP contribution in [0.4, 0.5) is 0 Å². The Morgan fingerprint density at radius 3 is 2.60 bits per heavy atom. The van der Waals surface area contributed by atoms with Crippen LogP contribution in [0.25, 0.3) is 0 Å². The third-order valence-corrected chi connectivity index (χ3v) is 0.991. The zero-order chi connectivity index (χ0) is 7.98.